The van der Waals surface area contributed by atoms with Crippen molar-refractivity contribution in [2.24, 2.45) is 0 Å². The van der Waals surface area contributed by atoms with E-state index in [1.54, 1.807) is 23.1 Å². The number of aromatic nitrogens is 2. The van der Waals surface area contributed by atoms with E-state index in [4.69, 9.17) is 23.2 Å². The molecule has 1 aromatic heterocycles. The molecule has 2 amide bonds. The van der Waals surface area contributed by atoms with Gasteiger partial charge in [0.05, 0.1) is 10.6 Å². The predicted octanol–water partition coefficient (Wildman–Crippen LogP) is 4.04. The summed E-state index contributed by atoms with van der Waals surface area (Å²) >= 11 is 13.6. The van der Waals surface area contributed by atoms with Gasteiger partial charge in [0, 0.05) is 49.0 Å². The second-order valence-electron chi connectivity index (χ2n) is 7.16. The van der Waals surface area contributed by atoms with Crippen LogP contribution < -0.4 is 0 Å². The molecule has 0 spiro atoms. The first-order valence-electron chi connectivity index (χ1n) is 9.70. The molecule has 0 bridgehead atoms. The Kier molecular flexibility index (Phi) is 7.60. The molecule has 3 rings (SSSR count). The topological polar surface area (TPSA) is 66.4 Å². The van der Waals surface area contributed by atoms with E-state index in [0.29, 0.717) is 54.6 Å². The van der Waals surface area contributed by atoms with Crippen LogP contribution in [0.2, 0.25) is 10.0 Å². The molecule has 1 fully saturated rings. The monoisotopic (exact) mass is 466 g/mol. The Bertz CT molecular complexity index is 939. The van der Waals surface area contributed by atoms with Crippen LogP contribution in [0.5, 0.6) is 0 Å². The van der Waals surface area contributed by atoms with E-state index in [1.165, 1.54) is 11.8 Å². The standard InChI is InChI=1S/C21H24Cl2N4O2S/c1-13-16(14(2)25-21(24-13)30-3)6-7-19(28)26-8-10-27(11-9-26)20(29)17-5-4-15(22)12-18(17)23/h4-5,12H,6-11H2,1-3H3. The molecule has 0 aliphatic carbocycles. The van der Waals surface area contributed by atoms with Crippen molar-refractivity contribution in [3.63, 3.8) is 0 Å². The summed E-state index contributed by atoms with van der Waals surface area (Å²) < 4.78 is 0. The van der Waals surface area contributed by atoms with Crippen molar-refractivity contribution in [3.8, 4) is 0 Å². The molecule has 1 aliphatic rings. The number of halogens is 2. The number of hydrogen-bond acceptors (Lipinski definition) is 5. The minimum absolute atomic E-state index is 0.0827. The zero-order valence-electron chi connectivity index (χ0n) is 17.2. The molecule has 1 aromatic carbocycles. The van der Waals surface area contributed by atoms with Crippen LogP contribution >= 0.6 is 35.0 Å². The van der Waals surface area contributed by atoms with E-state index in [2.05, 4.69) is 9.97 Å². The first-order valence-corrected chi connectivity index (χ1v) is 11.7. The lowest BCUT2D eigenvalue weighted by molar-refractivity contribution is -0.132. The summed E-state index contributed by atoms with van der Waals surface area (Å²) in [6.07, 6.45) is 2.97. The lowest BCUT2D eigenvalue weighted by Gasteiger charge is -2.35. The third-order valence-electron chi connectivity index (χ3n) is 5.25. The van der Waals surface area contributed by atoms with E-state index in [0.717, 1.165) is 22.1 Å². The predicted molar refractivity (Wildman–Crippen MR) is 121 cm³/mol. The third-order valence-corrected chi connectivity index (χ3v) is 6.35. The van der Waals surface area contributed by atoms with Crippen molar-refractivity contribution in [2.45, 2.75) is 31.8 Å². The number of rotatable bonds is 5. The number of thioether (sulfide) groups is 1. The normalized spacial score (nSPS) is 14.2. The van der Waals surface area contributed by atoms with Gasteiger partial charge in [-0.1, -0.05) is 35.0 Å². The summed E-state index contributed by atoms with van der Waals surface area (Å²) in [6.45, 7) is 5.90. The molecule has 2 heterocycles. The Hall–Kier alpha value is -1.83. The molecular weight excluding hydrogens is 443 g/mol. The first kappa shape index (κ1) is 22.8. The Balaban J connectivity index is 1.55. The van der Waals surface area contributed by atoms with E-state index < -0.39 is 0 Å². The van der Waals surface area contributed by atoms with Gasteiger partial charge >= 0.3 is 0 Å². The zero-order chi connectivity index (χ0) is 21.8. The lowest BCUT2D eigenvalue weighted by atomic mass is 10.1. The molecule has 9 heteroatoms. The maximum absolute atomic E-state index is 12.7. The summed E-state index contributed by atoms with van der Waals surface area (Å²) in [5.41, 5.74) is 3.32. The van der Waals surface area contributed by atoms with Crippen molar-refractivity contribution < 1.29 is 9.59 Å². The minimum atomic E-state index is -0.138. The number of hydrogen-bond donors (Lipinski definition) is 0. The number of piperazine rings is 1. The van der Waals surface area contributed by atoms with Crippen LogP contribution in [0.25, 0.3) is 0 Å². The molecule has 0 radical (unpaired) electrons. The van der Waals surface area contributed by atoms with Crippen molar-refractivity contribution in [1.29, 1.82) is 0 Å². The Morgan fingerprint density at radius 1 is 1.03 bits per heavy atom. The SMILES string of the molecule is CSc1nc(C)c(CCC(=O)N2CCN(C(=O)c3ccc(Cl)cc3Cl)CC2)c(C)n1. The van der Waals surface area contributed by atoms with Gasteiger partial charge in [-0.3, -0.25) is 9.59 Å². The molecule has 0 N–H and O–H groups in total. The molecule has 1 saturated heterocycles. The molecule has 0 atom stereocenters. The average Bonchev–Trinajstić information content (AvgIpc) is 2.72. The highest BCUT2D eigenvalue weighted by Gasteiger charge is 2.26. The fourth-order valence-electron chi connectivity index (χ4n) is 3.54. The summed E-state index contributed by atoms with van der Waals surface area (Å²) in [4.78, 5) is 37.9. The summed E-state index contributed by atoms with van der Waals surface area (Å²) in [7, 11) is 0. The minimum Gasteiger partial charge on any atom is -0.339 e. The number of benzene rings is 1. The van der Waals surface area contributed by atoms with Gasteiger partial charge in [-0.05, 0) is 50.3 Å². The summed E-state index contributed by atoms with van der Waals surface area (Å²) in [5.74, 6) is -0.0552. The Labute approximate surface area is 191 Å². The quantitative estimate of drug-likeness (QED) is 0.491. The molecule has 2 aromatic rings. The maximum Gasteiger partial charge on any atom is 0.255 e. The van der Waals surface area contributed by atoms with Gasteiger partial charge in [0.15, 0.2) is 5.16 Å². The van der Waals surface area contributed by atoms with E-state index in [-0.39, 0.29) is 11.8 Å². The fraction of sp³-hybridized carbons (Fsp3) is 0.429. The van der Waals surface area contributed by atoms with Crippen LogP contribution in [-0.4, -0.2) is 64.0 Å². The van der Waals surface area contributed by atoms with Crippen molar-refractivity contribution in [2.75, 3.05) is 32.4 Å². The lowest BCUT2D eigenvalue weighted by Crippen LogP contribution is -2.50. The van der Waals surface area contributed by atoms with Crippen LogP contribution in [0.3, 0.4) is 0 Å². The molecule has 6 nitrogen and oxygen atoms in total. The smallest absolute Gasteiger partial charge is 0.255 e. The average molecular weight is 467 g/mol. The van der Waals surface area contributed by atoms with Crippen molar-refractivity contribution in [1.82, 2.24) is 19.8 Å². The summed E-state index contributed by atoms with van der Waals surface area (Å²) in [6, 6.07) is 4.86. The van der Waals surface area contributed by atoms with Crippen LogP contribution in [0.4, 0.5) is 0 Å². The second-order valence-corrected chi connectivity index (χ2v) is 8.77. The van der Waals surface area contributed by atoms with Gasteiger partial charge in [-0.2, -0.15) is 0 Å². The molecule has 160 valence electrons. The van der Waals surface area contributed by atoms with Crippen molar-refractivity contribution in [3.05, 3.63) is 50.8 Å². The van der Waals surface area contributed by atoms with Crippen LogP contribution in [-0.2, 0) is 11.2 Å². The Morgan fingerprint density at radius 3 is 2.20 bits per heavy atom. The van der Waals surface area contributed by atoms with Gasteiger partial charge < -0.3 is 9.80 Å². The molecule has 30 heavy (non-hydrogen) atoms. The molecule has 0 unspecified atom stereocenters. The first-order chi connectivity index (χ1) is 14.3. The second kappa shape index (κ2) is 9.98. The van der Waals surface area contributed by atoms with Crippen LogP contribution in [0.1, 0.15) is 33.7 Å². The maximum atomic E-state index is 12.7. The molecule has 1 aliphatic heterocycles. The fourth-order valence-corrected chi connectivity index (χ4v) is 4.49. The van der Waals surface area contributed by atoms with Gasteiger partial charge in [-0.25, -0.2) is 9.97 Å². The third kappa shape index (κ3) is 5.25. The molecule has 0 saturated carbocycles. The van der Waals surface area contributed by atoms with Gasteiger partial charge in [-0.15, -0.1) is 0 Å². The number of carbonyl (C=O) groups excluding carboxylic acids is 2. The highest BCUT2D eigenvalue weighted by Crippen LogP contribution is 2.23. The largest absolute Gasteiger partial charge is 0.339 e. The van der Waals surface area contributed by atoms with E-state index in [9.17, 15) is 9.59 Å². The number of carbonyl (C=O) groups is 2. The van der Waals surface area contributed by atoms with Gasteiger partial charge in [0.2, 0.25) is 5.91 Å². The highest BCUT2D eigenvalue weighted by atomic mass is 35.5. The number of nitrogens with zero attached hydrogens (tertiary/aromatic N) is 4. The van der Waals surface area contributed by atoms with Crippen LogP contribution in [0.15, 0.2) is 23.4 Å². The summed E-state index contributed by atoms with van der Waals surface area (Å²) in [5, 5.41) is 1.58. The van der Waals surface area contributed by atoms with E-state index in [1.807, 2.05) is 25.0 Å². The van der Waals surface area contributed by atoms with E-state index >= 15 is 0 Å². The number of aryl methyl sites for hydroxylation is 2. The van der Waals surface area contributed by atoms with Gasteiger partial charge in [0.1, 0.15) is 0 Å². The molecular formula is C21H24Cl2N4O2S. The zero-order valence-corrected chi connectivity index (χ0v) is 19.6. The number of amides is 2. The van der Waals surface area contributed by atoms with Crippen LogP contribution in [0, 0.1) is 13.8 Å². The van der Waals surface area contributed by atoms with Gasteiger partial charge in [0.25, 0.3) is 5.91 Å². The highest BCUT2D eigenvalue weighted by molar-refractivity contribution is 7.98. The Morgan fingerprint density at radius 2 is 1.63 bits per heavy atom. The van der Waals surface area contributed by atoms with Crippen molar-refractivity contribution >= 4 is 46.8 Å².